The van der Waals surface area contributed by atoms with Crippen LogP contribution in [0.1, 0.15) is 30.1 Å². The van der Waals surface area contributed by atoms with E-state index in [9.17, 15) is 18.0 Å². The van der Waals surface area contributed by atoms with E-state index in [-0.39, 0.29) is 22.9 Å². The Morgan fingerprint density at radius 1 is 1.03 bits per heavy atom. The van der Waals surface area contributed by atoms with Gasteiger partial charge in [-0.3, -0.25) is 9.52 Å². The molecule has 0 unspecified atom stereocenters. The van der Waals surface area contributed by atoms with Gasteiger partial charge in [-0.2, -0.15) is 0 Å². The smallest absolute Gasteiger partial charge is 0.409 e. The fourth-order valence-electron chi connectivity index (χ4n) is 3.20. The summed E-state index contributed by atoms with van der Waals surface area (Å²) < 4.78 is 32.4. The Kier molecular flexibility index (Phi) is 6.94. The van der Waals surface area contributed by atoms with Gasteiger partial charge in [-0.25, -0.2) is 13.2 Å². The molecule has 8 nitrogen and oxygen atoms in total. The van der Waals surface area contributed by atoms with Crippen molar-refractivity contribution < 1.29 is 22.7 Å². The molecule has 0 bridgehead atoms. The van der Waals surface area contributed by atoms with Crippen LogP contribution < -0.4 is 10.0 Å². The quantitative estimate of drug-likeness (QED) is 0.732. The number of nitrogens with zero attached hydrogens (tertiary/aromatic N) is 1. The van der Waals surface area contributed by atoms with Crippen molar-refractivity contribution >= 4 is 27.7 Å². The average Bonchev–Trinajstić information content (AvgIpc) is 2.75. The van der Waals surface area contributed by atoms with E-state index in [0.717, 1.165) is 0 Å². The van der Waals surface area contributed by atoms with E-state index in [1.807, 2.05) is 0 Å². The van der Waals surface area contributed by atoms with Crippen LogP contribution in [0.15, 0.2) is 59.5 Å². The van der Waals surface area contributed by atoms with Crippen LogP contribution in [0.3, 0.4) is 0 Å². The molecule has 0 radical (unpaired) electrons. The standard InChI is InChI=1S/C21H25N3O5S/c1-2-29-21(26)24-14-12-17(13-15-24)22-20(25)16-8-10-19(11-9-16)30(27,28)23-18-6-4-3-5-7-18/h3-11,17,23H,2,12-15H2,1H3,(H,22,25). The Balaban J connectivity index is 1.56. The Hall–Kier alpha value is -3.07. The number of ether oxygens (including phenoxy) is 1. The number of carbonyl (C=O) groups is 2. The highest BCUT2D eigenvalue weighted by atomic mass is 32.2. The van der Waals surface area contributed by atoms with Gasteiger partial charge in [0.05, 0.1) is 11.5 Å². The summed E-state index contributed by atoms with van der Waals surface area (Å²) in [6.07, 6.45) is 0.943. The van der Waals surface area contributed by atoms with Gasteiger partial charge in [-0.1, -0.05) is 18.2 Å². The molecular formula is C21H25N3O5S. The normalized spacial score (nSPS) is 14.8. The zero-order chi connectivity index (χ0) is 21.6. The van der Waals surface area contributed by atoms with Crippen LogP contribution in [0.2, 0.25) is 0 Å². The van der Waals surface area contributed by atoms with Crippen molar-refractivity contribution in [2.24, 2.45) is 0 Å². The lowest BCUT2D eigenvalue weighted by Gasteiger charge is -2.31. The number of hydrogen-bond donors (Lipinski definition) is 2. The molecule has 1 heterocycles. The Labute approximate surface area is 176 Å². The number of nitrogens with one attached hydrogen (secondary N) is 2. The van der Waals surface area contributed by atoms with Gasteiger partial charge in [0.15, 0.2) is 0 Å². The van der Waals surface area contributed by atoms with E-state index >= 15 is 0 Å². The van der Waals surface area contributed by atoms with Crippen LogP contribution in [-0.4, -0.2) is 51.1 Å². The number of sulfonamides is 1. The molecule has 2 aromatic rings. The van der Waals surface area contributed by atoms with Crippen LogP contribution >= 0.6 is 0 Å². The molecule has 1 fully saturated rings. The van der Waals surface area contributed by atoms with Gasteiger partial charge >= 0.3 is 6.09 Å². The first-order chi connectivity index (χ1) is 14.4. The first-order valence-electron chi connectivity index (χ1n) is 9.79. The van der Waals surface area contributed by atoms with Crippen LogP contribution in [0.25, 0.3) is 0 Å². The summed E-state index contributed by atoms with van der Waals surface area (Å²) >= 11 is 0. The number of para-hydroxylation sites is 1. The maximum atomic E-state index is 12.5. The van der Waals surface area contributed by atoms with Gasteiger partial charge in [-0.15, -0.1) is 0 Å². The van der Waals surface area contributed by atoms with Crippen molar-refractivity contribution in [3.63, 3.8) is 0 Å². The highest BCUT2D eigenvalue weighted by molar-refractivity contribution is 7.92. The number of amides is 2. The van der Waals surface area contributed by atoms with Crippen LogP contribution in [0.5, 0.6) is 0 Å². The van der Waals surface area contributed by atoms with E-state index in [1.54, 1.807) is 42.2 Å². The highest BCUT2D eigenvalue weighted by Crippen LogP contribution is 2.17. The number of carbonyl (C=O) groups excluding carboxylic acids is 2. The molecule has 0 aliphatic carbocycles. The summed E-state index contributed by atoms with van der Waals surface area (Å²) in [5.41, 5.74) is 0.843. The monoisotopic (exact) mass is 431 g/mol. The molecular weight excluding hydrogens is 406 g/mol. The molecule has 0 saturated carbocycles. The molecule has 2 aromatic carbocycles. The van der Waals surface area contributed by atoms with Gasteiger partial charge in [0.25, 0.3) is 15.9 Å². The first kappa shape index (κ1) is 21.6. The van der Waals surface area contributed by atoms with Crippen molar-refractivity contribution in [1.82, 2.24) is 10.2 Å². The molecule has 160 valence electrons. The van der Waals surface area contributed by atoms with Crippen molar-refractivity contribution in [3.05, 3.63) is 60.2 Å². The second kappa shape index (κ2) is 9.62. The van der Waals surface area contributed by atoms with E-state index in [4.69, 9.17) is 4.74 Å². The topological polar surface area (TPSA) is 105 Å². The van der Waals surface area contributed by atoms with Gasteiger partial charge in [-0.05, 0) is 56.2 Å². The van der Waals surface area contributed by atoms with Crippen molar-refractivity contribution in [2.75, 3.05) is 24.4 Å². The third kappa shape index (κ3) is 5.50. The predicted molar refractivity (Wildman–Crippen MR) is 113 cm³/mol. The van der Waals surface area contributed by atoms with E-state index in [1.165, 1.54) is 24.3 Å². The fraction of sp³-hybridized carbons (Fsp3) is 0.333. The molecule has 2 amide bonds. The molecule has 2 N–H and O–H groups in total. The third-order valence-corrected chi connectivity index (χ3v) is 6.21. The minimum absolute atomic E-state index is 0.0497. The fourth-order valence-corrected chi connectivity index (χ4v) is 4.25. The van der Waals surface area contributed by atoms with Crippen molar-refractivity contribution in [1.29, 1.82) is 0 Å². The Bertz CT molecular complexity index is 969. The number of hydrogen-bond acceptors (Lipinski definition) is 5. The maximum Gasteiger partial charge on any atom is 0.409 e. The largest absolute Gasteiger partial charge is 0.450 e. The molecule has 1 aliphatic rings. The van der Waals surface area contributed by atoms with E-state index < -0.39 is 10.0 Å². The molecule has 1 saturated heterocycles. The van der Waals surface area contributed by atoms with Crippen LogP contribution in [0.4, 0.5) is 10.5 Å². The van der Waals surface area contributed by atoms with E-state index in [2.05, 4.69) is 10.0 Å². The van der Waals surface area contributed by atoms with Gasteiger partial charge < -0.3 is 15.0 Å². The predicted octanol–water partition coefficient (Wildman–Crippen LogP) is 2.84. The zero-order valence-corrected chi connectivity index (χ0v) is 17.5. The lowest BCUT2D eigenvalue weighted by molar-refractivity contribution is 0.0860. The van der Waals surface area contributed by atoms with Crippen LogP contribution in [0, 0.1) is 0 Å². The van der Waals surface area contributed by atoms with Gasteiger partial charge in [0.2, 0.25) is 0 Å². The van der Waals surface area contributed by atoms with Gasteiger partial charge in [0, 0.05) is 30.4 Å². The lowest BCUT2D eigenvalue weighted by Crippen LogP contribution is -2.46. The molecule has 1 aliphatic heterocycles. The lowest BCUT2D eigenvalue weighted by atomic mass is 10.0. The summed E-state index contributed by atoms with van der Waals surface area (Å²) in [4.78, 5) is 25.9. The minimum Gasteiger partial charge on any atom is -0.450 e. The number of likely N-dealkylation sites (tertiary alicyclic amines) is 1. The second-order valence-electron chi connectivity index (χ2n) is 6.93. The molecule has 0 atom stereocenters. The summed E-state index contributed by atoms with van der Waals surface area (Å²) in [7, 11) is -3.73. The maximum absolute atomic E-state index is 12.5. The molecule has 0 spiro atoms. The summed E-state index contributed by atoms with van der Waals surface area (Å²) in [5, 5.41) is 2.94. The number of benzene rings is 2. The SMILES string of the molecule is CCOC(=O)N1CCC(NC(=O)c2ccc(S(=O)(=O)Nc3ccccc3)cc2)CC1. The molecule has 9 heteroatoms. The summed E-state index contributed by atoms with van der Waals surface area (Å²) in [5.74, 6) is -0.274. The second-order valence-corrected chi connectivity index (χ2v) is 8.61. The van der Waals surface area contributed by atoms with Crippen LogP contribution in [-0.2, 0) is 14.8 Å². The van der Waals surface area contributed by atoms with Crippen molar-refractivity contribution in [2.45, 2.75) is 30.7 Å². The highest BCUT2D eigenvalue weighted by Gasteiger charge is 2.25. The third-order valence-electron chi connectivity index (χ3n) is 4.81. The average molecular weight is 432 g/mol. The number of rotatable bonds is 6. The molecule has 30 heavy (non-hydrogen) atoms. The zero-order valence-electron chi connectivity index (χ0n) is 16.7. The Morgan fingerprint density at radius 2 is 1.67 bits per heavy atom. The molecule has 0 aromatic heterocycles. The van der Waals surface area contributed by atoms with Crippen molar-refractivity contribution in [3.8, 4) is 0 Å². The van der Waals surface area contributed by atoms with E-state index in [0.29, 0.717) is 43.8 Å². The summed E-state index contributed by atoms with van der Waals surface area (Å²) in [6.45, 7) is 3.14. The summed E-state index contributed by atoms with van der Waals surface area (Å²) in [6, 6.07) is 14.3. The van der Waals surface area contributed by atoms with Gasteiger partial charge in [0.1, 0.15) is 0 Å². The minimum atomic E-state index is -3.73. The Morgan fingerprint density at radius 3 is 2.27 bits per heavy atom. The number of anilines is 1. The number of piperidine rings is 1. The first-order valence-corrected chi connectivity index (χ1v) is 11.3. The molecule has 3 rings (SSSR count).